The summed E-state index contributed by atoms with van der Waals surface area (Å²) in [5, 5.41) is 0. The van der Waals surface area contributed by atoms with Crippen LogP contribution in [0.4, 0.5) is 0 Å². The van der Waals surface area contributed by atoms with Crippen LogP contribution in [0, 0.1) is 5.41 Å². The first-order chi connectivity index (χ1) is 5.38. The molecular formula is C11H12. The summed E-state index contributed by atoms with van der Waals surface area (Å²) >= 11 is 0. The van der Waals surface area contributed by atoms with Crippen molar-refractivity contribution in [3.8, 4) is 0 Å². The van der Waals surface area contributed by atoms with E-state index in [1.165, 1.54) is 31.3 Å². The monoisotopic (exact) mass is 144 g/mol. The van der Waals surface area contributed by atoms with Crippen LogP contribution in [0.5, 0.6) is 0 Å². The molecule has 56 valence electrons. The molecule has 0 amide bonds. The molecule has 0 aliphatic heterocycles. The van der Waals surface area contributed by atoms with Gasteiger partial charge in [0, 0.05) is 5.41 Å². The molecule has 0 unspecified atom stereocenters. The highest BCUT2D eigenvalue weighted by molar-refractivity contribution is 5.50. The molecule has 0 bridgehead atoms. The molecule has 0 heterocycles. The Balaban J connectivity index is 2.07. The third-order valence-corrected chi connectivity index (χ3v) is 3.03. The molecule has 0 N–H and O–H groups in total. The predicted octanol–water partition coefficient (Wildman–Crippen LogP) is 2.98. The standard InChI is InChI=1S/C11H12/c1-2-9-4-5-11(6-7-11)8-10(9)3-1/h2,4-5,8H,1,3,6-7H2. The van der Waals surface area contributed by atoms with Gasteiger partial charge in [-0.05, 0) is 36.8 Å². The van der Waals surface area contributed by atoms with E-state index in [1.54, 1.807) is 5.57 Å². The first kappa shape index (κ1) is 5.82. The second kappa shape index (κ2) is 1.69. The topological polar surface area (TPSA) is 0 Å². The fraction of sp³-hybridized carbons (Fsp3) is 0.455. The normalized spacial score (nSPS) is 29.8. The molecule has 0 heteroatoms. The van der Waals surface area contributed by atoms with Crippen molar-refractivity contribution in [3.05, 3.63) is 35.5 Å². The maximum absolute atomic E-state index is 2.51. The number of rotatable bonds is 0. The highest BCUT2D eigenvalue weighted by atomic mass is 14.4. The molecule has 3 aliphatic carbocycles. The van der Waals surface area contributed by atoms with Gasteiger partial charge in [-0.2, -0.15) is 0 Å². The lowest BCUT2D eigenvalue weighted by molar-refractivity contribution is 0.826. The Morgan fingerprint density at radius 1 is 1.27 bits per heavy atom. The van der Waals surface area contributed by atoms with E-state index in [0.717, 1.165) is 0 Å². The lowest BCUT2D eigenvalue weighted by atomic mass is 9.92. The van der Waals surface area contributed by atoms with Crippen LogP contribution in [0.3, 0.4) is 0 Å². The minimum atomic E-state index is 0.539. The first-order valence-electron chi connectivity index (χ1n) is 4.50. The zero-order valence-corrected chi connectivity index (χ0v) is 6.64. The van der Waals surface area contributed by atoms with Crippen LogP contribution in [-0.2, 0) is 0 Å². The number of hydrogen-bond acceptors (Lipinski definition) is 0. The highest BCUT2D eigenvalue weighted by Crippen LogP contribution is 2.53. The van der Waals surface area contributed by atoms with Crippen LogP contribution < -0.4 is 0 Å². The van der Waals surface area contributed by atoms with Crippen LogP contribution >= 0.6 is 0 Å². The summed E-state index contributed by atoms with van der Waals surface area (Å²) in [4.78, 5) is 0. The summed E-state index contributed by atoms with van der Waals surface area (Å²) in [7, 11) is 0. The van der Waals surface area contributed by atoms with Crippen LogP contribution in [0.1, 0.15) is 25.7 Å². The van der Waals surface area contributed by atoms with E-state index in [9.17, 15) is 0 Å². The summed E-state index contributed by atoms with van der Waals surface area (Å²) in [6, 6.07) is 0. The molecule has 0 atom stereocenters. The third kappa shape index (κ3) is 0.756. The van der Waals surface area contributed by atoms with E-state index in [1.807, 2.05) is 0 Å². The van der Waals surface area contributed by atoms with Crippen molar-refractivity contribution in [1.82, 2.24) is 0 Å². The largest absolute Gasteiger partial charge is 0.0767 e. The molecule has 0 radical (unpaired) electrons. The Hall–Kier alpha value is -0.780. The van der Waals surface area contributed by atoms with Crippen molar-refractivity contribution in [3.63, 3.8) is 0 Å². The van der Waals surface area contributed by atoms with Gasteiger partial charge in [0.2, 0.25) is 0 Å². The first-order valence-corrected chi connectivity index (χ1v) is 4.50. The van der Waals surface area contributed by atoms with Crippen molar-refractivity contribution < 1.29 is 0 Å². The molecule has 11 heavy (non-hydrogen) atoms. The minimum Gasteiger partial charge on any atom is -0.0767 e. The van der Waals surface area contributed by atoms with E-state index in [4.69, 9.17) is 0 Å². The molecule has 1 saturated carbocycles. The lowest BCUT2D eigenvalue weighted by Gasteiger charge is -2.12. The molecule has 0 nitrogen and oxygen atoms in total. The second-order valence-electron chi connectivity index (χ2n) is 3.93. The van der Waals surface area contributed by atoms with Crippen LogP contribution in [-0.4, -0.2) is 0 Å². The van der Waals surface area contributed by atoms with E-state index in [2.05, 4.69) is 24.3 Å². The Kier molecular flexibility index (Phi) is 0.892. The molecule has 0 aromatic heterocycles. The van der Waals surface area contributed by atoms with E-state index < -0.39 is 0 Å². The van der Waals surface area contributed by atoms with Gasteiger partial charge in [-0.15, -0.1) is 0 Å². The molecule has 3 rings (SSSR count). The molecule has 3 aliphatic rings. The Morgan fingerprint density at radius 3 is 3.00 bits per heavy atom. The van der Waals surface area contributed by atoms with Gasteiger partial charge in [0.25, 0.3) is 0 Å². The maximum Gasteiger partial charge on any atom is 0.00711 e. The fourth-order valence-corrected chi connectivity index (χ4v) is 2.10. The molecule has 0 saturated heterocycles. The van der Waals surface area contributed by atoms with Crippen LogP contribution in [0.2, 0.25) is 0 Å². The minimum absolute atomic E-state index is 0.539. The lowest BCUT2D eigenvalue weighted by Crippen LogP contribution is -1.97. The Morgan fingerprint density at radius 2 is 2.18 bits per heavy atom. The number of allylic oxidation sites excluding steroid dienone is 6. The van der Waals surface area contributed by atoms with Gasteiger partial charge in [0.05, 0.1) is 0 Å². The summed E-state index contributed by atoms with van der Waals surface area (Å²) in [5.41, 5.74) is 3.66. The van der Waals surface area contributed by atoms with Crippen molar-refractivity contribution in [2.24, 2.45) is 5.41 Å². The summed E-state index contributed by atoms with van der Waals surface area (Å²) in [5.74, 6) is 0. The molecular weight excluding hydrogens is 132 g/mol. The predicted molar refractivity (Wildman–Crippen MR) is 46.2 cm³/mol. The van der Waals surface area contributed by atoms with Crippen molar-refractivity contribution in [1.29, 1.82) is 0 Å². The summed E-state index contributed by atoms with van der Waals surface area (Å²) < 4.78 is 0. The Bertz CT molecular complexity index is 285. The van der Waals surface area contributed by atoms with Gasteiger partial charge in [-0.25, -0.2) is 0 Å². The van der Waals surface area contributed by atoms with Crippen molar-refractivity contribution in [2.75, 3.05) is 0 Å². The van der Waals surface area contributed by atoms with E-state index >= 15 is 0 Å². The molecule has 0 aromatic rings. The zero-order chi connectivity index (χ0) is 7.31. The number of fused-ring (bicyclic) bond motifs is 1. The SMILES string of the molecule is C1=CC2(C=C3CCC=C13)CC2. The van der Waals surface area contributed by atoms with Crippen molar-refractivity contribution in [2.45, 2.75) is 25.7 Å². The fourth-order valence-electron chi connectivity index (χ4n) is 2.10. The van der Waals surface area contributed by atoms with E-state index in [-0.39, 0.29) is 0 Å². The smallest absolute Gasteiger partial charge is 0.00711 e. The van der Waals surface area contributed by atoms with Gasteiger partial charge < -0.3 is 0 Å². The highest BCUT2D eigenvalue weighted by Gasteiger charge is 2.40. The van der Waals surface area contributed by atoms with Crippen LogP contribution in [0.25, 0.3) is 0 Å². The van der Waals surface area contributed by atoms with E-state index in [0.29, 0.717) is 5.41 Å². The quantitative estimate of drug-likeness (QED) is 0.490. The molecule has 1 spiro atoms. The average Bonchev–Trinajstić information content (AvgIpc) is 2.63. The van der Waals surface area contributed by atoms with Gasteiger partial charge in [0.15, 0.2) is 0 Å². The molecule has 0 aromatic carbocycles. The van der Waals surface area contributed by atoms with Gasteiger partial charge in [-0.1, -0.05) is 24.3 Å². The van der Waals surface area contributed by atoms with Crippen LogP contribution in [0.15, 0.2) is 35.5 Å². The molecule has 1 fully saturated rings. The Labute approximate surface area is 67.3 Å². The second-order valence-corrected chi connectivity index (χ2v) is 3.93. The summed E-state index contributed by atoms with van der Waals surface area (Å²) in [6.45, 7) is 0. The zero-order valence-electron chi connectivity index (χ0n) is 6.64. The van der Waals surface area contributed by atoms with Gasteiger partial charge >= 0.3 is 0 Å². The van der Waals surface area contributed by atoms with Gasteiger partial charge in [-0.3, -0.25) is 0 Å². The van der Waals surface area contributed by atoms with Gasteiger partial charge in [0.1, 0.15) is 0 Å². The third-order valence-electron chi connectivity index (χ3n) is 3.03. The van der Waals surface area contributed by atoms with Crippen molar-refractivity contribution >= 4 is 0 Å². The average molecular weight is 144 g/mol. The number of hydrogen-bond donors (Lipinski definition) is 0. The summed E-state index contributed by atoms with van der Waals surface area (Å²) in [6.07, 6.45) is 14.9. The maximum atomic E-state index is 2.51.